The number of carbonyl (C=O) groups excluding carboxylic acids is 2. The summed E-state index contributed by atoms with van der Waals surface area (Å²) in [4.78, 5) is 28.9. The van der Waals surface area contributed by atoms with E-state index in [9.17, 15) is 9.59 Å². The average Bonchev–Trinajstić information content (AvgIpc) is 3.52. The van der Waals surface area contributed by atoms with Crippen LogP contribution in [0.4, 0.5) is 0 Å². The molecule has 3 heterocycles. The summed E-state index contributed by atoms with van der Waals surface area (Å²) in [6.07, 6.45) is 5.82. The third-order valence-corrected chi connectivity index (χ3v) is 6.71. The Kier molecular flexibility index (Phi) is 4.76. The van der Waals surface area contributed by atoms with Crippen LogP contribution in [-0.4, -0.2) is 40.0 Å². The lowest BCUT2D eigenvalue weighted by Gasteiger charge is -2.44. The fourth-order valence-corrected chi connectivity index (χ4v) is 4.87. The van der Waals surface area contributed by atoms with Crippen LogP contribution in [0.1, 0.15) is 48.9 Å². The van der Waals surface area contributed by atoms with Crippen LogP contribution in [-0.2, 0) is 17.9 Å². The van der Waals surface area contributed by atoms with Crippen LogP contribution in [0.25, 0.3) is 10.9 Å². The minimum Gasteiger partial charge on any atom is -0.497 e. The number of aromatic nitrogens is 1. The Hall–Kier alpha value is -3.22. The molecule has 0 radical (unpaired) electrons. The number of nitrogens with zero attached hydrogens (tertiary/aromatic N) is 2. The van der Waals surface area contributed by atoms with Crippen molar-refractivity contribution in [3.8, 4) is 5.75 Å². The van der Waals surface area contributed by atoms with E-state index in [0.29, 0.717) is 18.0 Å². The van der Waals surface area contributed by atoms with Gasteiger partial charge in [0.1, 0.15) is 22.7 Å². The van der Waals surface area contributed by atoms with Crippen LogP contribution in [0, 0.1) is 0 Å². The highest BCUT2D eigenvalue weighted by atomic mass is 16.5. The molecule has 7 heteroatoms. The maximum absolute atomic E-state index is 13.7. The van der Waals surface area contributed by atoms with Crippen LogP contribution >= 0.6 is 0 Å². The topological polar surface area (TPSA) is 76.7 Å². The van der Waals surface area contributed by atoms with E-state index < -0.39 is 5.54 Å². The largest absolute Gasteiger partial charge is 0.497 e. The summed E-state index contributed by atoms with van der Waals surface area (Å²) in [5.41, 5.74) is 0.412. The second-order valence-electron chi connectivity index (χ2n) is 8.74. The number of amides is 2. The Bertz CT molecular complexity index is 1130. The number of furan rings is 1. The number of ether oxygens (including phenoxy) is 1. The van der Waals surface area contributed by atoms with Crippen molar-refractivity contribution in [3.05, 3.63) is 54.1 Å². The second kappa shape index (κ2) is 7.48. The molecular formula is C24H27N3O4. The van der Waals surface area contributed by atoms with Gasteiger partial charge in [0.15, 0.2) is 0 Å². The lowest BCUT2D eigenvalue weighted by molar-refractivity contribution is -0.134. The second-order valence-corrected chi connectivity index (χ2v) is 8.74. The minimum atomic E-state index is -1.05. The van der Waals surface area contributed by atoms with Crippen molar-refractivity contribution in [2.24, 2.45) is 0 Å². The first-order valence-electron chi connectivity index (χ1n) is 10.8. The summed E-state index contributed by atoms with van der Waals surface area (Å²) in [5, 5.41) is 4.16. The van der Waals surface area contributed by atoms with Gasteiger partial charge in [-0.05, 0) is 50.1 Å². The average molecular weight is 421 g/mol. The van der Waals surface area contributed by atoms with Gasteiger partial charge in [-0.2, -0.15) is 0 Å². The van der Waals surface area contributed by atoms with Gasteiger partial charge < -0.3 is 23.9 Å². The maximum Gasteiger partial charge on any atom is 0.271 e. The van der Waals surface area contributed by atoms with E-state index in [2.05, 4.69) is 5.32 Å². The van der Waals surface area contributed by atoms with Crippen LogP contribution in [0.3, 0.4) is 0 Å². The Morgan fingerprint density at radius 2 is 2.06 bits per heavy atom. The highest BCUT2D eigenvalue weighted by Crippen LogP contribution is 2.35. The van der Waals surface area contributed by atoms with Gasteiger partial charge in [-0.1, -0.05) is 12.8 Å². The van der Waals surface area contributed by atoms with Crippen molar-refractivity contribution in [2.75, 3.05) is 7.11 Å². The van der Waals surface area contributed by atoms with Crippen LogP contribution in [0.2, 0.25) is 0 Å². The molecule has 1 N–H and O–H groups in total. The molecular weight excluding hydrogens is 394 g/mol. The lowest BCUT2D eigenvalue weighted by atomic mass is 9.94. The zero-order chi connectivity index (χ0) is 21.6. The van der Waals surface area contributed by atoms with Gasteiger partial charge >= 0.3 is 0 Å². The number of hydrogen-bond acceptors (Lipinski definition) is 4. The van der Waals surface area contributed by atoms with E-state index in [1.54, 1.807) is 24.3 Å². The van der Waals surface area contributed by atoms with Gasteiger partial charge in [-0.3, -0.25) is 9.59 Å². The highest BCUT2D eigenvalue weighted by molar-refractivity contribution is 6.03. The third-order valence-electron chi connectivity index (χ3n) is 6.71. The van der Waals surface area contributed by atoms with Crippen LogP contribution in [0.15, 0.2) is 47.1 Å². The molecule has 1 fully saturated rings. The van der Waals surface area contributed by atoms with E-state index in [-0.39, 0.29) is 24.4 Å². The molecule has 1 aliphatic heterocycles. The molecule has 1 atom stereocenters. The summed E-state index contributed by atoms with van der Waals surface area (Å²) >= 11 is 0. The molecule has 1 saturated carbocycles. The molecule has 7 nitrogen and oxygen atoms in total. The van der Waals surface area contributed by atoms with E-state index in [4.69, 9.17) is 9.15 Å². The first kappa shape index (κ1) is 19.7. The van der Waals surface area contributed by atoms with Gasteiger partial charge in [-0.25, -0.2) is 0 Å². The lowest BCUT2D eigenvalue weighted by Crippen LogP contribution is -2.64. The molecule has 5 rings (SSSR count). The first-order chi connectivity index (χ1) is 15.0. The van der Waals surface area contributed by atoms with Gasteiger partial charge in [0.05, 0.1) is 32.0 Å². The summed E-state index contributed by atoms with van der Waals surface area (Å²) in [6, 6.07) is 11.4. The molecule has 162 valence electrons. The van der Waals surface area contributed by atoms with E-state index in [1.807, 2.05) is 41.8 Å². The zero-order valence-corrected chi connectivity index (χ0v) is 17.9. The zero-order valence-electron chi connectivity index (χ0n) is 17.9. The number of nitrogens with one attached hydrogen (secondary N) is 1. The molecule has 0 saturated heterocycles. The van der Waals surface area contributed by atoms with E-state index >= 15 is 0 Å². The Morgan fingerprint density at radius 3 is 2.77 bits per heavy atom. The number of methoxy groups -OCH3 is 1. The fourth-order valence-electron chi connectivity index (χ4n) is 4.87. The monoisotopic (exact) mass is 421 g/mol. The molecule has 2 aliphatic rings. The van der Waals surface area contributed by atoms with Crippen molar-refractivity contribution in [2.45, 2.75) is 57.3 Å². The van der Waals surface area contributed by atoms with Gasteiger partial charge in [0, 0.05) is 17.5 Å². The number of benzene rings is 1. The SMILES string of the molecule is COc1ccc2cc3n(c2c1)CC(C)(C(=O)NC1CCCC1)N(Cc1ccco1)C3=O. The Balaban J connectivity index is 1.58. The standard InChI is InChI=1S/C24H27N3O4/c1-24(23(29)25-17-6-3-4-7-17)15-26-20-13-18(30-2)10-9-16(20)12-21(26)22(28)27(24)14-19-8-5-11-31-19/h5,8-13,17H,3-4,6-7,14-15H2,1-2H3,(H,25,29). The summed E-state index contributed by atoms with van der Waals surface area (Å²) in [7, 11) is 1.62. The predicted molar refractivity (Wildman–Crippen MR) is 116 cm³/mol. The van der Waals surface area contributed by atoms with Crippen LogP contribution in [0.5, 0.6) is 5.75 Å². The Morgan fingerprint density at radius 1 is 1.26 bits per heavy atom. The maximum atomic E-state index is 13.7. The van der Waals surface area contributed by atoms with Gasteiger partial charge in [-0.15, -0.1) is 0 Å². The molecule has 1 aliphatic carbocycles. The molecule has 3 aromatic rings. The molecule has 0 bridgehead atoms. The van der Waals surface area contributed by atoms with E-state index in [0.717, 1.165) is 42.3 Å². The molecule has 2 aromatic heterocycles. The van der Waals surface area contributed by atoms with Crippen molar-refractivity contribution in [1.82, 2.24) is 14.8 Å². The van der Waals surface area contributed by atoms with Crippen LogP contribution < -0.4 is 10.1 Å². The number of fused-ring (bicyclic) bond motifs is 3. The van der Waals surface area contributed by atoms with Gasteiger partial charge in [0.2, 0.25) is 5.91 Å². The highest BCUT2D eigenvalue weighted by Gasteiger charge is 2.48. The number of rotatable bonds is 5. The van der Waals surface area contributed by atoms with E-state index in [1.165, 1.54) is 0 Å². The van der Waals surface area contributed by atoms with Crippen molar-refractivity contribution in [3.63, 3.8) is 0 Å². The summed E-state index contributed by atoms with van der Waals surface area (Å²) in [5.74, 6) is 1.08. The first-order valence-corrected chi connectivity index (χ1v) is 10.8. The normalized spacial score (nSPS) is 21.5. The van der Waals surface area contributed by atoms with Crippen molar-refractivity contribution < 1.29 is 18.7 Å². The molecule has 1 unspecified atom stereocenters. The molecule has 0 spiro atoms. The van der Waals surface area contributed by atoms with Gasteiger partial charge in [0.25, 0.3) is 5.91 Å². The summed E-state index contributed by atoms with van der Waals surface area (Å²) < 4.78 is 12.9. The fraction of sp³-hybridized carbons (Fsp3) is 0.417. The van der Waals surface area contributed by atoms with Crippen molar-refractivity contribution >= 4 is 22.7 Å². The molecule has 1 aromatic carbocycles. The quantitative estimate of drug-likeness (QED) is 0.681. The minimum absolute atomic E-state index is 0.116. The number of carbonyl (C=O) groups is 2. The third kappa shape index (κ3) is 3.28. The summed E-state index contributed by atoms with van der Waals surface area (Å²) in [6.45, 7) is 2.46. The number of hydrogen-bond donors (Lipinski definition) is 1. The Labute approximate surface area is 180 Å². The molecule has 31 heavy (non-hydrogen) atoms. The smallest absolute Gasteiger partial charge is 0.271 e. The molecule has 2 amide bonds. The predicted octanol–water partition coefficient (Wildman–Crippen LogP) is 3.72. The van der Waals surface area contributed by atoms with Crippen molar-refractivity contribution in [1.29, 1.82) is 0 Å².